The quantitative estimate of drug-likeness (QED) is 0.455. The van der Waals surface area contributed by atoms with E-state index in [1.807, 2.05) is 0 Å². The Hall–Kier alpha value is -1.10. The largest absolute Gasteiger partial charge is 0.490 e. The van der Waals surface area contributed by atoms with Gasteiger partial charge in [-0.25, -0.2) is 4.08 Å². The molecule has 1 atom stereocenters. The maximum Gasteiger partial charge on any atom is 0.310 e. The normalized spacial score (nSPS) is 13.9. The summed E-state index contributed by atoms with van der Waals surface area (Å²) in [5.74, 6) is 0.120. The molecule has 0 spiro atoms. The molecule has 1 aromatic carbocycles. The first-order chi connectivity index (χ1) is 8.45. The third-order valence-electron chi connectivity index (χ3n) is 2.47. The fourth-order valence-electron chi connectivity index (χ4n) is 1.43. The summed E-state index contributed by atoms with van der Waals surface area (Å²) in [5, 5.41) is 10.7. The molecule has 0 aromatic heterocycles. The molecule has 0 aliphatic heterocycles. The lowest BCUT2D eigenvalue weighted by Crippen LogP contribution is -1.97. The van der Waals surface area contributed by atoms with Crippen molar-refractivity contribution >= 4 is 24.9 Å². The summed E-state index contributed by atoms with van der Waals surface area (Å²) in [5.41, 5.74) is 0.475. The standard InChI is InChI=1S/C10H13ClNO5P/c1-3-18(15,17-11)7-8-4-5-9(12(13)14)10(6-8)16-2/h4-6H,3,7H2,1-2H3. The predicted molar refractivity (Wildman–Crippen MR) is 68.4 cm³/mol. The van der Waals surface area contributed by atoms with Gasteiger partial charge in [0.15, 0.2) is 5.75 Å². The molecule has 8 heteroatoms. The molecule has 18 heavy (non-hydrogen) atoms. The summed E-state index contributed by atoms with van der Waals surface area (Å²) in [6.07, 6.45) is 0.400. The summed E-state index contributed by atoms with van der Waals surface area (Å²) >= 11 is 5.21. The van der Waals surface area contributed by atoms with E-state index >= 15 is 0 Å². The van der Waals surface area contributed by atoms with Gasteiger partial charge >= 0.3 is 5.69 Å². The second-order valence-corrected chi connectivity index (χ2v) is 6.75. The fourth-order valence-corrected chi connectivity index (χ4v) is 3.00. The van der Waals surface area contributed by atoms with E-state index in [2.05, 4.69) is 4.08 Å². The van der Waals surface area contributed by atoms with Crippen LogP contribution in [0.3, 0.4) is 0 Å². The van der Waals surface area contributed by atoms with Crippen LogP contribution in [-0.4, -0.2) is 18.2 Å². The molecule has 0 aliphatic rings. The molecule has 1 aromatic rings. The number of nitrogens with zero attached hydrogens (tertiary/aromatic N) is 1. The van der Waals surface area contributed by atoms with Gasteiger partial charge in [-0.3, -0.25) is 14.7 Å². The number of nitro groups is 1. The molecule has 0 radical (unpaired) electrons. The monoisotopic (exact) mass is 293 g/mol. The van der Waals surface area contributed by atoms with Crippen molar-refractivity contribution < 1.29 is 18.3 Å². The second kappa shape index (κ2) is 6.18. The summed E-state index contributed by atoms with van der Waals surface area (Å²) in [6.45, 7) is 1.70. The molecule has 6 nitrogen and oxygen atoms in total. The summed E-state index contributed by atoms with van der Waals surface area (Å²) in [4.78, 5) is 10.2. The number of nitro benzene ring substituents is 1. The van der Waals surface area contributed by atoms with E-state index in [9.17, 15) is 14.7 Å². The van der Waals surface area contributed by atoms with Crippen LogP contribution in [-0.2, 0) is 14.8 Å². The number of halogens is 1. The van der Waals surface area contributed by atoms with E-state index in [1.54, 1.807) is 6.92 Å². The predicted octanol–water partition coefficient (Wildman–Crippen LogP) is 3.57. The lowest BCUT2D eigenvalue weighted by Gasteiger charge is -2.12. The zero-order chi connectivity index (χ0) is 13.8. The SMILES string of the molecule is CCP(=O)(Cc1ccc([N+](=O)[O-])c(OC)c1)OCl. The number of hydrogen-bond acceptors (Lipinski definition) is 5. The lowest BCUT2D eigenvalue weighted by molar-refractivity contribution is -0.385. The van der Waals surface area contributed by atoms with E-state index in [1.165, 1.54) is 25.3 Å². The Bertz CT molecular complexity index is 485. The van der Waals surface area contributed by atoms with Gasteiger partial charge in [0, 0.05) is 12.2 Å². The minimum atomic E-state index is -2.93. The average molecular weight is 294 g/mol. The molecule has 100 valence electrons. The molecule has 0 amide bonds. The van der Waals surface area contributed by atoms with Gasteiger partial charge in [0.25, 0.3) is 0 Å². The molecule has 1 rings (SSSR count). The van der Waals surface area contributed by atoms with Gasteiger partial charge < -0.3 is 4.74 Å². The molecule has 0 saturated carbocycles. The third-order valence-corrected chi connectivity index (χ3v) is 5.29. The first-order valence-corrected chi connectivity index (χ1v) is 7.46. The van der Waals surface area contributed by atoms with Crippen LogP contribution >= 0.6 is 19.2 Å². The number of hydrogen-bond donors (Lipinski definition) is 0. The van der Waals surface area contributed by atoms with Crippen molar-refractivity contribution in [2.45, 2.75) is 13.1 Å². The van der Waals surface area contributed by atoms with Crippen LogP contribution in [0.5, 0.6) is 5.75 Å². The summed E-state index contributed by atoms with van der Waals surface area (Å²) < 4.78 is 21.4. The average Bonchev–Trinajstić information content (AvgIpc) is 2.38. The Labute approximate surface area is 110 Å². The van der Waals surface area contributed by atoms with Crippen LogP contribution in [0.1, 0.15) is 12.5 Å². The number of methoxy groups -OCH3 is 1. The van der Waals surface area contributed by atoms with Crippen molar-refractivity contribution in [2.24, 2.45) is 0 Å². The Morgan fingerprint density at radius 3 is 2.61 bits per heavy atom. The third kappa shape index (κ3) is 3.45. The van der Waals surface area contributed by atoms with Crippen molar-refractivity contribution in [2.75, 3.05) is 13.3 Å². The molecule has 0 heterocycles. The minimum absolute atomic E-state index is 0.112. The van der Waals surface area contributed by atoms with Crippen LogP contribution in [0, 0.1) is 10.1 Å². The van der Waals surface area contributed by atoms with Crippen molar-refractivity contribution in [3.63, 3.8) is 0 Å². The maximum absolute atomic E-state index is 12.0. The highest BCUT2D eigenvalue weighted by Gasteiger charge is 2.23. The van der Waals surface area contributed by atoms with Gasteiger partial charge in [0.2, 0.25) is 7.37 Å². The molecule has 0 N–H and O–H groups in total. The Morgan fingerprint density at radius 2 is 2.17 bits per heavy atom. The van der Waals surface area contributed by atoms with Crippen molar-refractivity contribution in [3.8, 4) is 5.75 Å². The second-order valence-electron chi connectivity index (χ2n) is 3.62. The van der Waals surface area contributed by atoms with Crippen molar-refractivity contribution in [1.82, 2.24) is 0 Å². The van der Waals surface area contributed by atoms with Crippen LogP contribution in [0.4, 0.5) is 5.69 Å². The lowest BCUT2D eigenvalue weighted by atomic mass is 10.2. The van der Waals surface area contributed by atoms with Gasteiger partial charge in [-0.15, -0.1) is 0 Å². The van der Waals surface area contributed by atoms with Gasteiger partial charge in [-0.2, -0.15) is 0 Å². The van der Waals surface area contributed by atoms with E-state index in [0.29, 0.717) is 5.56 Å². The molecule has 1 unspecified atom stereocenters. The van der Waals surface area contributed by atoms with E-state index in [-0.39, 0.29) is 23.8 Å². The molecule has 0 aliphatic carbocycles. The summed E-state index contributed by atoms with van der Waals surface area (Å²) in [7, 11) is -1.60. The van der Waals surface area contributed by atoms with Crippen molar-refractivity contribution in [3.05, 3.63) is 33.9 Å². The zero-order valence-corrected chi connectivity index (χ0v) is 11.6. The Morgan fingerprint density at radius 1 is 1.50 bits per heavy atom. The number of benzene rings is 1. The van der Waals surface area contributed by atoms with Gasteiger partial charge in [-0.1, -0.05) is 13.0 Å². The van der Waals surface area contributed by atoms with E-state index in [0.717, 1.165) is 0 Å². The first kappa shape index (κ1) is 15.0. The molecule has 0 saturated heterocycles. The Balaban J connectivity index is 3.06. The van der Waals surface area contributed by atoms with Crippen molar-refractivity contribution in [1.29, 1.82) is 0 Å². The molecular weight excluding hydrogens is 281 g/mol. The highest BCUT2D eigenvalue weighted by atomic mass is 35.5. The fraction of sp³-hybridized carbons (Fsp3) is 0.400. The van der Waals surface area contributed by atoms with Gasteiger partial charge in [-0.05, 0) is 11.6 Å². The maximum atomic E-state index is 12.0. The molecule has 0 fully saturated rings. The van der Waals surface area contributed by atoms with E-state index < -0.39 is 12.3 Å². The van der Waals surface area contributed by atoms with Crippen LogP contribution in [0.2, 0.25) is 0 Å². The highest BCUT2D eigenvalue weighted by molar-refractivity contribution is 7.59. The topological polar surface area (TPSA) is 78.7 Å². The molecule has 0 bridgehead atoms. The molecular formula is C10H13ClNO5P. The van der Waals surface area contributed by atoms with E-state index in [4.69, 9.17) is 16.6 Å². The number of rotatable bonds is 6. The zero-order valence-electron chi connectivity index (χ0n) is 9.96. The van der Waals surface area contributed by atoms with Crippen LogP contribution in [0.25, 0.3) is 0 Å². The Kier molecular flexibility index (Phi) is 5.14. The van der Waals surface area contributed by atoms with Gasteiger partial charge in [0.1, 0.15) is 0 Å². The van der Waals surface area contributed by atoms with Crippen LogP contribution in [0.15, 0.2) is 18.2 Å². The highest BCUT2D eigenvalue weighted by Crippen LogP contribution is 2.51. The smallest absolute Gasteiger partial charge is 0.310 e. The number of ether oxygens (including phenoxy) is 1. The minimum Gasteiger partial charge on any atom is -0.490 e. The van der Waals surface area contributed by atoms with Crippen LogP contribution < -0.4 is 4.74 Å². The summed E-state index contributed by atoms with van der Waals surface area (Å²) in [6, 6.07) is 4.29. The first-order valence-electron chi connectivity index (χ1n) is 5.15. The van der Waals surface area contributed by atoms with Gasteiger partial charge in [0.05, 0.1) is 30.1 Å².